The highest BCUT2D eigenvalue weighted by Crippen LogP contribution is 2.59. The highest BCUT2D eigenvalue weighted by Gasteiger charge is 2.51. The Balaban J connectivity index is 1.75. The molecule has 0 spiro atoms. The van der Waals surface area contributed by atoms with Gasteiger partial charge in [0, 0.05) is 12.1 Å². The number of aliphatic carboxylic acids is 1. The van der Waals surface area contributed by atoms with Gasteiger partial charge in [-0.1, -0.05) is 84.9 Å². The van der Waals surface area contributed by atoms with Crippen molar-refractivity contribution in [2.75, 3.05) is 6.54 Å². The average molecular weight is 549 g/mol. The minimum Gasteiger partial charge on any atom is -0.481 e. The Hall–Kier alpha value is -4.01. The standard InChI is InChI=1S/C29H29N2O7P/c32-27(33)17-18-30-28(34)25(20-21-13-15-22(16-14-21)26-12-7-19-38-26)31-29(39(35,36)37,23-8-3-1-4-9-23)24-10-5-2-6-11-24/h1-16,19,25,31H,17-18,20H2,(H,30,34)(H,32,33)(H2,35,36,37). The molecule has 0 aliphatic heterocycles. The highest BCUT2D eigenvalue weighted by atomic mass is 31.2. The molecule has 39 heavy (non-hydrogen) atoms. The van der Waals surface area contributed by atoms with Gasteiger partial charge in [-0.25, -0.2) is 0 Å². The number of benzene rings is 3. The Morgan fingerprint density at radius 3 is 1.92 bits per heavy atom. The summed E-state index contributed by atoms with van der Waals surface area (Å²) in [5.41, 5.74) is 2.11. The predicted octanol–water partition coefficient (Wildman–Crippen LogP) is 4.12. The van der Waals surface area contributed by atoms with E-state index >= 15 is 0 Å². The van der Waals surface area contributed by atoms with Crippen LogP contribution < -0.4 is 10.6 Å². The van der Waals surface area contributed by atoms with Crippen molar-refractivity contribution in [1.29, 1.82) is 0 Å². The Bertz CT molecular complexity index is 1380. The van der Waals surface area contributed by atoms with Crippen LogP contribution in [0.1, 0.15) is 23.1 Å². The summed E-state index contributed by atoms with van der Waals surface area (Å²) in [6, 6.07) is 26.2. The van der Waals surface area contributed by atoms with E-state index in [9.17, 15) is 23.9 Å². The first kappa shape index (κ1) is 28.0. The molecular formula is C29H29N2O7P. The van der Waals surface area contributed by atoms with Crippen LogP contribution in [0.3, 0.4) is 0 Å². The maximum absolute atomic E-state index is 13.4. The second kappa shape index (κ2) is 12.2. The monoisotopic (exact) mass is 548 g/mol. The van der Waals surface area contributed by atoms with Crippen molar-refractivity contribution in [3.05, 3.63) is 120 Å². The van der Waals surface area contributed by atoms with E-state index in [4.69, 9.17) is 9.52 Å². The smallest absolute Gasteiger partial charge is 0.354 e. The van der Waals surface area contributed by atoms with Gasteiger partial charge in [0.2, 0.25) is 5.91 Å². The van der Waals surface area contributed by atoms with E-state index < -0.39 is 30.8 Å². The number of hydrogen-bond acceptors (Lipinski definition) is 5. The van der Waals surface area contributed by atoms with Crippen LogP contribution in [0.4, 0.5) is 0 Å². The van der Waals surface area contributed by atoms with Gasteiger partial charge in [-0.3, -0.25) is 19.5 Å². The van der Waals surface area contributed by atoms with E-state index in [1.165, 1.54) is 0 Å². The number of rotatable bonds is 12. The lowest BCUT2D eigenvalue weighted by atomic mass is 9.95. The van der Waals surface area contributed by atoms with Crippen LogP contribution in [0, 0.1) is 0 Å². The minimum absolute atomic E-state index is 0.0682. The predicted molar refractivity (Wildman–Crippen MR) is 146 cm³/mol. The van der Waals surface area contributed by atoms with Gasteiger partial charge in [-0.05, 0) is 35.2 Å². The number of carboxylic acids is 1. The van der Waals surface area contributed by atoms with Crippen molar-refractivity contribution in [3.8, 4) is 11.3 Å². The molecule has 9 nitrogen and oxygen atoms in total. The normalized spacial score (nSPS) is 12.6. The maximum Gasteiger partial charge on any atom is 0.354 e. The van der Waals surface area contributed by atoms with Crippen LogP contribution >= 0.6 is 7.60 Å². The molecule has 1 aromatic heterocycles. The Labute approximate surface area is 225 Å². The zero-order valence-electron chi connectivity index (χ0n) is 20.9. The topological polar surface area (TPSA) is 149 Å². The third-order valence-corrected chi connectivity index (χ3v) is 7.88. The van der Waals surface area contributed by atoms with Crippen molar-refractivity contribution in [3.63, 3.8) is 0 Å². The van der Waals surface area contributed by atoms with Gasteiger partial charge in [0.05, 0.1) is 18.7 Å². The first-order valence-corrected chi connectivity index (χ1v) is 13.9. The fourth-order valence-electron chi connectivity index (χ4n) is 4.47. The maximum atomic E-state index is 13.4. The molecule has 0 aliphatic carbocycles. The number of carbonyl (C=O) groups is 2. The highest BCUT2D eigenvalue weighted by molar-refractivity contribution is 7.53. The molecule has 0 aliphatic rings. The van der Waals surface area contributed by atoms with Crippen molar-refractivity contribution < 1.29 is 33.5 Å². The van der Waals surface area contributed by atoms with Gasteiger partial charge in [-0.15, -0.1) is 0 Å². The minimum atomic E-state index is -5.03. The van der Waals surface area contributed by atoms with E-state index in [0.717, 1.165) is 11.1 Å². The van der Waals surface area contributed by atoms with Gasteiger partial charge in [0.1, 0.15) is 5.76 Å². The number of furan rings is 1. The van der Waals surface area contributed by atoms with Crippen LogP contribution in [0.2, 0.25) is 0 Å². The summed E-state index contributed by atoms with van der Waals surface area (Å²) in [5, 5.41) is 12.6. The summed E-state index contributed by atoms with van der Waals surface area (Å²) >= 11 is 0. The average Bonchev–Trinajstić information content (AvgIpc) is 3.46. The summed E-state index contributed by atoms with van der Waals surface area (Å²) < 4.78 is 18.8. The first-order valence-electron chi connectivity index (χ1n) is 12.3. The number of hydrogen-bond donors (Lipinski definition) is 5. The van der Waals surface area contributed by atoms with Crippen molar-refractivity contribution >= 4 is 19.5 Å². The molecule has 1 atom stereocenters. The fraction of sp³-hybridized carbons (Fsp3) is 0.172. The Kier molecular flexibility index (Phi) is 8.79. The molecule has 1 amide bonds. The van der Waals surface area contributed by atoms with E-state index in [-0.39, 0.29) is 30.5 Å². The number of carboxylic acid groups (broad SMARTS) is 1. The van der Waals surface area contributed by atoms with Gasteiger partial charge < -0.3 is 24.6 Å². The number of amides is 1. The second-order valence-electron chi connectivity index (χ2n) is 9.00. The van der Waals surface area contributed by atoms with E-state index in [0.29, 0.717) is 5.76 Å². The molecule has 4 aromatic rings. The lowest BCUT2D eigenvalue weighted by Crippen LogP contribution is -2.55. The van der Waals surface area contributed by atoms with E-state index in [1.54, 1.807) is 85.1 Å². The molecule has 0 saturated heterocycles. The number of nitrogens with one attached hydrogen (secondary N) is 2. The van der Waals surface area contributed by atoms with Crippen molar-refractivity contribution in [2.45, 2.75) is 24.2 Å². The summed E-state index contributed by atoms with van der Waals surface area (Å²) in [5.74, 6) is -0.987. The molecule has 3 aromatic carbocycles. The Morgan fingerprint density at radius 1 is 0.846 bits per heavy atom. The van der Waals surface area contributed by atoms with E-state index in [1.807, 2.05) is 18.2 Å². The van der Waals surface area contributed by atoms with Crippen molar-refractivity contribution in [2.24, 2.45) is 0 Å². The molecule has 5 N–H and O–H groups in total. The van der Waals surface area contributed by atoms with Gasteiger partial charge in [0.15, 0.2) is 5.28 Å². The van der Waals surface area contributed by atoms with Gasteiger partial charge >= 0.3 is 13.6 Å². The van der Waals surface area contributed by atoms with Crippen LogP contribution in [-0.2, 0) is 25.9 Å². The van der Waals surface area contributed by atoms with E-state index in [2.05, 4.69) is 10.6 Å². The molecule has 0 saturated carbocycles. The lowest BCUT2D eigenvalue weighted by Gasteiger charge is -2.39. The van der Waals surface area contributed by atoms with Crippen LogP contribution in [0.5, 0.6) is 0 Å². The van der Waals surface area contributed by atoms with Crippen molar-refractivity contribution in [1.82, 2.24) is 10.6 Å². The third kappa shape index (κ3) is 6.53. The molecule has 0 fully saturated rings. The fourth-order valence-corrected chi connectivity index (χ4v) is 5.77. The van der Waals surface area contributed by atoms with Crippen LogP contribution in [0.15, 0.2) is 108 Å². The number of carbonyl (C=O) groups excluding carboxylic acids is 1. The summed E-state index contributed by atoms with van der Waals surface area (Å²) in [7, 11) is -5.03. The van der Waals surface area contributed by atoms with Crippen LogP contribution in [-0.4, -0.2) is 39.4 Å². The summed E-state index contributed by atoms with van der Waals surface area (Å²) in [6.45, 7) is -0.136. The van der Waals surface area contributed by atoms with Gasteiger partial charge in [-0.2, -0.15) is 0 Å². The summed E-state index contributed by atoms with van der Waals surface area (Å²) in [6.07, 6.45) is 1.34. The van der Waals surface area contributed by atoms with Crippen LogP contribution in [0.25, 0.3) is 11.3 Å². The quantitative estimate of drug-likeness (QED) is 0.166. The molecule has 4 rings (SSSR count). The summed E-state index contributed by atoms with van der Waals surface area (Å²) in [4.78, 5) is 46.1. The zero-order valence-corrected chi connectivity index (χ0v) is 21.8. The second-order valence-corrected chi connectivity index (χ2v) is 10.8. The Morgan fingerprint density at radius 2 is 1.44 bits per heavy atom. The molecule has 202 valence electrons. The zero-order chi connectivity index (χ0) is 27.9. The van der Waals surface area contributed by atoms with Gasteiger partial charge in [0.25, 0.3) is 0 Å². The first-order chi connectivity index (χ1) is 18.7. The molecule has 1 heterocycles. The molecule has 1 unspecified atom stereocenters. The SMILES string of the molecule is O=C(O)CCNC(=O)C(Cc1ccc(-c2ccco2)cc1)NC(c1ccccc1)(c1ccccc1)P(=O)(O)O. The third-order valence-electron chi connectivity index (χ3n) is 6.36. The molecule has 0 radical (unpaired) electrons. The molecular weight excluding hydrogens is 519 g/mol. The molecule has 0 bridgehead atoms. The largest absolute Gasteiger partial charge is 0.481 e. The lowest BCUT2D eigenvalue weighted by molar-refractivity contribution is -0.137. The molecule has 10 heteroatoms.